The highest BCUT2D eigenvalue weighted by Crippen LogP contribution is 2.38. The molecule has 1 saturated carbocycles. The number of rotatable bonds is 2. The second-order valence-corrected chi connectivity index (χ2v) is 5.91. The third kappa shape index (κ3) is 2.27. The van der Waals surface area contributed by atoms with Gasteiger partial charge >= 0.3 is 0 Å². The summed E-state index contributed by atoms with van der Waals surface area (Å²) in [5.74, 6) is 1.12. The van der Waals surface area contributed by atoms with Crippen LogP contribution >= 0.6 is 0 Å². The van der Waals surface area contributed by atoms with Crippen molar-refractivity contribution >= 4 is 17.3 Å². The molecule has 4 N–H and O–H groups in total. The summed E-state index contributed by atoms with van der Waals surface area (Å²) in [4.78, 5) is 13.7. The van der Waals surface area contributed by atoms with E-state index in [1.807, 2.05) is 12.1 Å². The Morgan fingerprint density at radius 2 is 1.89 bits per heavy atom. The number of fused-ring (bicyclic) bond motifs is 2. The van der Waals surface area contributed by atoms with E-state index < -0.39 is 5.91 Å². The van der Waals surface area contributed by atoms with E-state index in [4.69, 9.17) is 11.5 Å². The molecule has 0 aromatic heterocycles. The lowest BCUT2D eigenvalue weighted by atomic mass is 9.78. The van der Waals surface area contributed by atoms with Gasteiger partial charge in [0.2, 0.25) is 0 Å². The molecule has 1 aromatic carbocycles. The van der Waals surface area contributed by atoms with E-state index in [0.29, 0.717) is 11.3 Å². The van der Waals surface area contributed by atoms with E-state index >= 15 is 0 Å². The van der Waals surface area contributed by atoms with Crippen LogP contribution in [0.4, 0.5) is 11.4 Å². The number of hydrogen-bond donors (Lipinski definition) is 2. The van der Waals surface area contributed by atoms with Gasteiger partial charge in [-0.15, -0.1) is 0 Å². The van der Waals surface area contributed by atoms with Gasteiger partial charge in [-0.25, -0.2) is 0 Å². The van der Waals surface area contributed by atoms with Gasteiger partial charge in [0.05, 0.1) is 16.9 Å². The first-order valence-electron chi connectivity index (χ1n) is 7.08. The molecule has 1 heterocycles. The molecule has 102 valence electrons. The van der Waals surface area contributed by atoms with Crippen molar-refractivity contribution in [3.05, 3.63) is 23.8 Å². The minimum Gasteiger partial charge on any atom is -0.396 e. The normalized spacial score (nSPS) is 26.2. The van der Waals surface area contributed by atoms with Gasteiger partial charge in [-0.3, -0.25) is 4.79 Å². The largest absolute Gasteiger partial charge is 0.396 e. The van der Waals surface area contributed by atoms with Crippen LogP contribution in [0.25, 0.3) is 0 Å². The van der Waals surface area contributed by atoms with Crippen LogP contribution in [0.3, 0.4) is 0 Å². The van der Waals surface area contributed by atoms with Gasteiger partial charge in [0.25, 0.3) is 5.91 Å². The monoisotopic (exact) mass is 259 g/mol. The molecule has 1 saturated heterocycles. The van der Waals surface area contributed by atoms with Gasteiger partial charge in [-0.05, 0) is 43.2 Å². The van der Waals surface area contributed by atoms with Crippen molar-refractivity contribution in [2.24, 2.45) is 17.6 Å². The van der Waals surface area contributed by atoms with Gasteiger partial charge in [-0.1, -0.05) is 12.5 Å². The maximum absolute atomic E-state index is 11.4. The predicted molar refractivity (Wildman–Crippen MR) is 77.0 cm³/mol. The molecule has 1 aromatic rings. The van der Waals surface area contributed by atoms with Crippen LogP contribution in [0.5, 0.6) is 0 Å². The van der Waals surface area contributed by atoms with Gasteiger partial charge in [0, 0.05) is 13.1 Å². The predicted octanol–water partition coefficient (Wildman–Crippen LogP) is 1.99. The first kappa shape index (κ1) is 12.3. The van der Waals surface area contributed by atoms with Crippen LogP contribution in [-0.2, 0) is 0 Å². The number of para-hydroxylation sites is 1. The van der Waals surface area contributed by atoms with E-state index in [0.717, 1.165) is 30.6 Å². The fourth-order valence-corrected chi connectivity index (χ4v) is 3.67. The lowest BCUT2D eigenvalue weighted by Gasteiger charge is -2.43. The summed E-state index contributed by atoms with van der Waals surface area (Å²) in [6, 6.07) is 5.57. The Kier molecular flexibility index (Phi) is 3.09. The number of amides is 1. The number of carbonyl (C=O) groups is 1. The molecular formula is C15H21N3O. The zero-order valence-corrected chi connectivity index (χ0v) is 11.1. The SMILES string of the molecule is NC(=O)c1cccc(N2CC3CCCC(C3)C2)c1N. The zero-order chi connectivity index (χ0) is 13.4. The lowest BCUT2D eigenvalue weighted by molar-refractivity contribution is 0.100. The third-order valence-electron chi connectivity index (χ3n) is 4.54. The number of anilines is 2. The van der Waals surface area contributed by atoms with E-state index in [-0.39, 0.29) is 0 Å². The fraction of sp³-hybridized carbons (Fsp3) is 0.533. The quantitative estimate of drug-likeness (QED) is 0.798. The summed E-state index contributed by atoms with van der Waals surface area (Å²) >= 11 is 0. The first-order chi connectivity index (χ1) is 9.15. The Balaban J connectivity index is 1.90. The van der Waals surface area contributed by atoms with Crippen LogP contribution in [0, 0.1) is 11.8 Å². The Hall–Kier alpha value is -1.71. The number of piperidine rings is 1. The molecule has 2 unspecified atom stereocenters. The number of hydrogen-bond acceptors (Lipinski definition) is 3. The topological polar surface area (TPSA) is 72.4 Å². The van der Waals surface area contributed by atoms with Crippen molar-refractivity contribution in [1.82, 2.24) is 0 Å². The van der Waals surface area contributed by atoms with Crippen LogP contribution in [0.2, 0.25) is 0 Å². The molecular weight excluding hydrogens is 238 g/mol. The molecule has 2 aliphatic rings. The summed E-state index contributed by atoms with van der Waals surface area (Å²) in [6.07, 6.45) is 5.36. The molecule has 4 nitrogen and oxygen atoms in total. The fourth-order valence-electron chi connectivity index (χ4n) is 3.67. The molecule has 3 rings (SSSR count). The summed E-state index contributed by atoms with van der Waals surface area (Å²) in [6.45, 7) is 2.12. The minimum absolute atomic E-state index is 0.438. The van der Waals surface area contributed by atoms with Crippen LogP contribution in [0.15, 0.2) is 18.2 Å². The van der Waals surface area contributed by atoms with Gasteiger partial charge in [0.15, 0.2) is 0 Å². The summed E-state index contributed by atoms with van der Waals surface area (Å²) in [5.41, 5.74) is 13.4. The number of benzene rings is 1. The standard InChI is InChI=1S/C15H21N3O/c16-14-12(15(17)19)5-2-6-13(14)18-8-10-3-1-4-11(7-10)9-18/h2,5-6,10-11H,1,3-4,7-9,16H2,(H2,17,19). The van der Waals surface area contributed by atoms with Crippen molar-refractivity contribution < 1.29 is 4.79 Å². The molecule has 1 aliphatic heterocycles. The number of nitrogen functional groups attached to an aromatic ring is 1. The third-order valence-corrected chi connectivity index (χ3v) is 4.54. The van der Waals surface area contributed by atoms with Crippen molar-refractivity contribution in [2.45, 2.75) is 25.7 Å². The summed E-state index contributed by atoms with van der Waals surface area (Å²) in [5, 5.41) is 0. The first-order valence-corrected chi connectivity index (χ1v) is 7.08. The molecule has 4 heteroatoms. The lowest BCUT2D eigenvalue weighted by Crippen LogP contribution is -2.43. The van der Waals surface area contributed by atoms with Gasteiger partial charge in [-0.2, -0.15) is 0 Å². The van der Waals surface area contributed by atoms with Crippen LogP contribution in [0.1, 0.15) is 36.0 Å². The zero-order valence-electron chi connectivity index (χ0n) is 11.1. The summed E-state index contributed by atoms with van der Waals surface area (Å²) < 4.78 is 0. The molecule has 2 bridgehead atoms. The number of primary amides is 1. The average Bonchev–Trinajstić information content (AvgIpc) is 2.38. The maximum Gasteiger partial charge on any atom is 0.250 e. The minimum atomic E-state index is -0.448. The van der Waals surface area contributed by atoms with Gasteiger partial charge < -0.3 is 16.4 Å². The molecule has 2 atom stereocenters. The van der Waals surface area contributed by atoms with E-state index in [9.17, 15) is 4.79 Å². The highest BCUT2D eigenvalue weighted by molar-refractivity contribution is 6.00. The Bertz CT molecular complexity index is 488. The molecule has 1 aliphatic carbocycles. The van der Waals surface area contributed by atoms with Crippen molar-refractivity contribution in [3.8, 4) is 0 Å². The average molecular weight is 259 g/mol. The Morgan fingerprint density at radius 3 is 2.53 bits per heavy atom. The molecule has 1 amide bonds. The smallest absolute Gasteiger partial charge is 0.250 e. The van der Waals surface area contributed by atoms with E-state index in [1.165, 1.54) is 25.7 Å². The molecule has 19 heavy (non-hydrogen) atoms. The number of nitrogens with zero attached hydrogens (tertiary/aromatic N) is 1. The van der Waals surface area contributed by atoms with Crippen LogP contribution < -0.4 is 16.4 Å². The number of carbonyl (C=O) groups excluding carboxylic acids is 1. The molecule has 2 fully saturated rings. The van der Waals surface area contributed by atoms with E-state index in [2.05, 4.69) is 4.90 Å². The molecule has 0 radical (unpaired) electrons. The van der Waals surface area contributed by atoms with E-state index in [1.54, 1.807) is 6.07 Å². The van der Waals surface area contributed by atoms with Gasteiger partial charge in [0.1, 0.15) is 0 Å². The highest BCUT2D eigenvalue weighted by atomic mass is 16.1. The Labute approximate surface area is 113 Å². The van der Waals surface area contributed by atoms with Crippen molar-refractivity contribution in [2.75, 3.05) is 23.7 Å². The maximum atomic E-state index is 11.4. The second-order valence-electron chi connectivity index (χ2n) is 5.91. The Morgan fingerprint density at radius 1 is 1.21 bits per heavy atom. The molecule has 0 spiro atoms. The van der Waals surface area contributed by atoms with Crippen LogP contribution in [-0.4, -0.2) is 19.0 Å². The van der Waals surface area contributed by atoms with Crippen molar-refractivity contribution in [3.63, 3.8) is 0 Å². The number of nitrogens with two attached hydrogens (primary N) is 2. The second kappa shape index (κ2) is 4.76. The van der Waals surface area contributed by atoms with Crippen molar-refractivity contribution in [1.29, 1.82) is 0 Å². The highest BCUT2D eigenvalue weighted by Gasteiger charge is 2.31. The summed E-state index contributed by atoms with van der Waals surface area (Å²) in [7, 11) is 0.